The van der Waals surface area contributed by atoms with Crippen molar-refractivity contribution in [3.05, 3.63) is 0 Å². The third-order valence-corrected chi connectivity index (χ3v) is 2.15. The predicted octanol–water partition coefficient (Wildman–Crippen LogP) is 0.446. The van der Waals surface area contributed by atoms with Crippen molar-refractivity contribution in [1.29, 1.82) is 0 Å². The van der Waals surface area contributed by atoms with Gasteiger partial charge in [-0.2, -0.15) is 0 Å². The van der Waals surface area contributed by atoms with Crippen LogP contribution in [0.4, 0.5) is 0 Å². The van der Waals surface area contributed by atoms with Gasteiger partial charge in [-0.25, -0.2) is 0 Å². The summed E-state index contributed by atoms with van der Waals surface area (Å²) in [6.07, 6.45) is 2.42. The monoisotopic (exact) mass is 187 g/mol. The fourth-order valence-electron chi connectivity index (χ4n) is 1.29. The van der Waals surface area contributed by atoms with Crippen LogP contribution < -0.4 is 5.73 Å². The van der Waals surface area contributed by atoms with Crippen LogP contribution in [0, 0.1) is 0 Å². The van der Waals surface area contributed by atoms with Crippen LogP contribution in [0.15, 0.2) is 0 Å². The normalized spacial score (nSPS) is 25.5. The smallest absolute Gasteiger partial charge is 0.174 e. The zero-order valence-electron chi connectivity index (χ0n) is 7.99. The molecule has 1 saturated heterocycles. The first-order chi connectivity index (χ1) is 6.24. The molecule has 4 nitrogen and oxygen atoms in total. The van der Waals surface area contributed by atoms with Crippen LogP contribution in [-0.4, -0.2) is 31.3 Å². The lowest BCUT2D eigenvalue weighted by atomic mass is 10.2. The molecule has 1 heterocycles. The van der Waals surface area contributed by atoms with Crippen molar-refractivity contribution in [3.8, 4) is 0 Å². The predicted molar refractivity (Wildman–Crippen MR) is 48.2 cm³/mol. The van der Waals surface area contributed by atoms with Crippen molar-refractivity contribution in [2.24, 2.45) is 5.73 Å². The molecule has 0 aromatic carbocycles. The molecule has 2 N–H and O–H groups in total. The van der Waals surface area contributed by atoms with E-state index in [0.29, 0.717) is 0 Å². The number of carbonyl (C=O) groups is 1. The van der Waals surface area contributed by atoms with E-state index in [2.05, 4.69) is 0 Å². The number of nitrogens with two attached hydrogens (primary N) is 1. The first kappa shape index (κ1) is 10.6. The van der Waals surface area contributed by atoms with Gasteiger partial charge in [0.1, 0.15) is 6.10 Å². The standard InChI is InChI=1S/C9H17NO3/c1-7(8(11)6-10)13-9-4-2-3-5-12-9/h7,9H,2-6,10H2,1H3/t7-,9?/m0/s1. The molecular weight excluding hydrogens is 170 g/mol. The van der Waals surface area contributed by atoms with Gasteiger partial charge in [0.15, 0.2) is 12.1 Å². The second-order valence-electron chi connectivity index (χ2n) is 3.24. The van der Waals surface area contributed by atoms with Gasteiger partial charge in [-0.3, -0.25) is 4.79 Å². The lowest BCUT2D eigenvalue weighted by molar-refractivity contribution is -0.187. The Bertz CT molecular complexity index is 166. The number of ether oxygens (including phenoxy) is 2. The van der Waals surface area contributed by atoms with Gasteiger partial charge in [-0.05, 0) is 26.2 Å². The summed E-state index contributed by atoms with van der Waals surface area (Å²) < 4.78 is 10.7. The first-order valence-corrected chi connectivity index (χ1v) is 4.74. The van der Waals surface area contributed by atoms with E-state index >= 15 is 0 Å². The summed E-state index contributed by atoms with van der Waals surface area (Å²) in [7, 11) is 0. The van der Waals surface area contributed by atoms with Crippen molar-refractivity contribution < 1.29 is 14.3 Å². The van der Waals surface area contributed by atoms with Crippen LogP contribution in [-0.2, 0) is 14.3 Å². The molecule has 1 rings (SSSR count). The lowest BCUT2D eigenvalue weighted by Gasteiger charge is -2.25. The first-order valence-electron chi connectivity index (χ1n) is 4.74. The zero-order valence-corrected chi connectivity index (χ0v) is 7.99. The van der Waals surface area contributed by atoms with Gasteiger partial charge >= 0.3 is 0 Å². The van der Waals surface area contributed by atoms with E-state index in [1.165, 1.54) is 0 Å². The number of ketones is 1. The molecule has 0 bridgehead atoms. The molecule has 0 aromatic heterocycles. The van der Waals surface area contributed by atoms with Gasteiger partial charge in [0.05, 0.1) is 6.54 Å². The van der Waals surface area contributed by atoms with Gasteiger partial charge in [0.2, 0.25) is 0 Å². The molecule has 0 spiro atoms. The molecule has 76 valence electrons. The Hall–Kier alpha value is -0.450. The highest BCUT2D eigenvalue weighted by molar-refractivity contribution is 5.84. The van der Waals surface area contributed by atoms with E-state index < -0.39 is 6.10 Å². The van der Waals surface area contributed by atoms with E-state index in [0.717, 1.165) is 25.9 Å². The van der Waals surface area contributed by atoms with Gasteiger partial charge in [-0.1, -0.05) is 0 Å². The summed E-state index contributed by atoms with van der Waals surface area (Å²) >= 11 is 0. The summed E-state index contributed by atoms with van der Waals surface area (Å²) in [4.78, 5) is 11.1. The summed E-state index contributed by atoms with van der Waals surface area (Å²) in [5.41, 5.74) is 5.21. The molecule has 1 aliphatic heterocycles. The average molecular weight is 187 g/mol. The highest BCUT2D eigenvalue weighted by Crippen LogP contribution is 2.15. The van der Waals surface area contributed by atoms with E-state index in [9.17, 15) is 4.79 Å². The summed E-state index contributed by atoms with van der Waals surface area (Å²) in [6.45, 7) is 2.48. The minimum atomic E-state index is -0.437. The number of hydrogen-bond donors (Lipinski definition) is 1. The quantitative estimate of drug-likeness (QED) is 0.694. The Balaban J connectivity index is 2.25. The Morgan fingerprint density at radius 3 is 3.00 bits per heavy atom. The van der Waals surface area contributed by atoms with Crippen molar-refractivity contribution in [3.63, 3.8) is 0 Å². The van der Waals surface area contributed by atoms with Crippen LogP contribution in [0.25, 0.3) is 0 Å². The molecule has 0 amide bonds. The number of rotatable bonds is 4. The summed E-state index contributed by atoms with van der Waals surface area (Å²) in [5.74, 6) is -0.0748. The minimum absolute atomic E-state index is 0.0356. The second kappa shape index (κ2) is 5.32. The van der Waals surface area contributed by atoms with Gasteiger partial charge < -0.3 is 15.2 Å². The van der Waals surface area contributed by atoms with Crippen LogP contribution in [0.3, 0.4) is 0 Å². The van der Waals surface area contributed by atoms with Crippen LogP contribution >= 0.6 is 0 Å². The molecule has 0 radical (unpaired) electrons. The molecule has 1 unspecified atom stereocenters. The van der Waals surface area contributed by atoms with E-state index in [-0.39, 0.29) is 18.6 Å². The van der Waals surface area contributed by atoms with E-state index in [1.807, 2.05) is 0 Å². The number of Topliss-reactive ketones (excluding diaryl/α,β-unsaturated/α-hetero) is 1. The van der Waals surface area contributed by atoms with Crippen LogP contribution in [0.5, 0.6) is 0 Å². The van der Waals surface area contributed by atoms with Gasteiger partial charge in [-0.15, -0.1) is 0 Å². The molecule has 2 atom stereocenters. The fraction of sp³-hybridized carbons (Fsp3) is 0.889. The number of hydrogen-bond acceptors (Lipinski definition) is 4. The molecule has 0 aromatic rings. The average Bonchev–Trinajstić information content (AvgIpc) is 2.18. The van der Waals surface area contributed by atoms with Gasteiger partial charge in [0.25, 0.3) is 0 Å². The van der Waals surface area contributed by atoms with Crippen molar-refractivity contribution in [2.75, 3.05) is 13.2 Å². The third-order valence-electron chi connectivity index (χ3n) is 2.15. The number of carbonyl (C=O) groups excluding carboxylic acids is 1. The SMILES string of the molecule is C[C@H](OC1CCCCO1)C(=O)CN. The Labute approximate surface area is 78.4 Å². The van der Waals surface area contributed by atoms with Crippen molar-refractivity contribution in [1.82, 2.24) is 0 Å². The Morgan fingerprint density at radius 2 is 2.46 bits per heavy atom. The van der Waals surface area contributed by atoms with E-state index in [4.69, 9.17) is 15.2 Å². The van der Waals surface area contributed by atoms with Gasteiger partial charge in [0, 0.05) is 6.61 Å². The molecule has 1 fully saturated rings. The maximum atomic E-state index is 11.1. The summed E-state index contributed by atoms with van der Waals surface area (Å²) in [6, 6.07) is 0. The van der Waals surface area contributed by atoms with E-state index in [1.54, 1.807) is 6.92 Å². The molecule has 0 saturated carbocycles. The maximum Gasteiger partial charge on any atom is 0.174 e. The summed E-state index contributed by atoms with van der Waals surface area (Å²) in [5, 5.41) is 0. The molecule has 0 aliphatic carbocycles. The Morgan fingerprint density at radius 1 is 1.69 bits per heavy atom. The van der Waals surface area contributed by atoms with Crippen molar-refractivity contribution >= 4 is 5.78 Å². The lowest BCUT2D eigenvalue weighted by Crippen LogP contribution is -2.34. The molecule has 13 heavy (non-hydrogen) atoms. The van der Waals surface area contributed by atoms with Crippen molar-refractivity contribution in [2.45, 2.75) is 38.6 Å². The topological polar surface area (TPSA) is 61.5 Å². The van der Waals surface area contributed by atoms with Crippen LogP contribution in [0.2, 0.25) is 0 Å². The Kier molecular flexibility index (Phi) is 4.35. The maximum absolute atomic E-state index is 11.1. The fourth-order valence-corrected chi connectivity index (χ4v) is 1.29. The second-order valence-corrected chi connectivity index (χ2v) is 3.24. The van der Waals surface area contributed by atoms with Crippen LogP contribution in [0.1, 0.15) is 26.2 Å². The minimum Gasteiger partial charge on any atom is -0.353 e. The highest BCUT2D eigenvalue weighted by Gasteiger charge is 2.20. The zero-order chi connectivity index (χ0) is 9.68. The largest absolute Gasteiger partial charge is 0.353 e. The highest BCUT2D eigenvalue weighted by atomic mass is 16.7. The molecular formula is C9H17NO3. The third kappa shape index (κ3) is 3.42. The molecule has 4 heteroatoms. The molecule has 1 aliphatic rings.